The summed E-state index contributed by atoms with van der Waals surface area (Å²) in [5.74, 6) is -1.08. The van der Waals surface area contributed by atoms with Crippen LogP contribution in [0.4, 0.5) is 15.5 Å². The third-order valence-electron chi connectivity index (χ3n) is 1.88. The van der Waals surface area contributed by atoms with Gasteiger partial charge in [-0.25, -0.2) is 9.59 Å². The van der Waals surface area contributed by atoms with Crippen LogP contribution < -0.4 is 10.6 Å². The average molecular weight is 252 g/mol. The maximum atomic E-state index is 11.5. The number of H-pyrrole nitrogens is 1. The number of aromatic amines is 1. The number of anilines is 2. The molecule has 2 heterocycles. The van der Waals surface area contributed by atoms with E-state index in [0.717, 1.165) is 11.3 Å². The zero-order chi connectivity index (χ0) is 12.3. The van der Waals surface area contributed by atoms with Crippen LogP contribution >= 0.6 is 11.3 Å². The molecule has 2 aromatic rings. The third-order valence-corrected chi connectivity index (χ3v) is 2.71. The van der Waals surface area contributed by atoms with Gasteiger partial charge >= 0.3 is 12.0 Å². The summed E-state index contributed by atoms with van der Waals surface area (Å²) in [6.45, 7) is 0. The van der Waals surface area contributed by atoms with Crippen molar-refractivity contribution in [3.05, 3.63) is 29.4 Å². The van der Waals surface area contributed by atoms with Crippen LogP contribution in [0.2, 0.25) is 0 Å². The van der Waals surface area contributed by atoms with Gasteiger partial charge in [-0.2, -0.15) is 5.10 Å². The van der Waals surface area contributed by atoms with E-state index in [1.165, 1.54) is 18.5 Å². The number of nitrogens with zero attached hydrogens (tertiary/aromatic N) is 1. The van der Waals surface area contributed by atoms with Crippen LogP contribution in [0, 0.1) is 0 Å². The summed E-state index contributed by atoms with van der Waals surface area (Å²) >= 11 is 1.14. The Hall–Kier alpha value is -2.35. The first-order chi connectivity index (χ1) is 8.16. The van der Waals surface area contributed by atoms with Crippen LogP contribution in [0.15, 0.2) is 23.8 Å². The number of urea groups is 1. The first kappa shape index (κ1) is 11.1. The minimum absolute atomic E-state index is 0.0670. The molecule has 17 heavy (non-hydrogen) atoms. The number of amides is 2. The second-order valence-corrected chi connectivity index (χ2v) is 3.95. The van der Waals surface area contributed by atoms with E-state index in [-0.39, 0.29) is 5.56 Å². The molecule has 0 aliphatic carbocycles. The van der Waals surface area contributed by atoms with E-state index in [4.69, 9.17) is 5.11 Å². The largest absolute Gasteiger partial charge is 0.478 e. The maximum absolute atomic E-state index is 11.5. The van der Waals surface area contributed by atoms with Gasteiger partial charge < -0.3 is 10.4 Å². The van der Waals surface area contributed by atoms with Crippen LogP contribution in [0.3, 0.4) is 0 Å². The first-order valence-electron chi connectivity index (χ1n) is 4.54. The van der Waals surface area contributed by atoms with E-state index in [1.807, 2.05) is 0 Å². The number of aromatic nitrogens is 2. The number of thiophene rings is 1. The molecule has 88 valence electrons. The molecule has 0 radical (unpaired) electrons. The van der Waals surface area contributed by atoms with E-state index in [9.17, 15) is 9.59 Å². The Morgan fingerprint density at radius 1 is 1.41 bits per heavy atom. The lowest BCUT2D eigenvalue weighted by Gasteiger charge is -2.04. The quantitative estimate of drug-likeness (QED) is 0.668. The summed E-state index contributed by atoms with van der Waals surface area (Å²) in [4.78, 5) is 22.3. The highest BCUT2D eigenvalue weighted by Crippen LogP contribution is 2.23. The van der Waals surface area contributed by atoms with Crippen molar-refractivity contribution in [2.24, 2.45) is 0 Å². The minimum atomic E-state index is -1.08. The molecule has 2 rings (SSSR count). The molecule has 0 bridgehead atoms. The van der Waals surface area contributed by atoms with Crippen molar-refractivity contribution in [3.8, 4) is 0 Å². The van der Waals surface area contributed by atoms with Crippen LogP contribution in [0.5, 0.6) is 0 Å². The van der Waals surface area contributed by atoms with E-state index >= 15 is 0 Å². The summed E-state index contributed by atoms with van der Waals surface area (Å²) in [5, 5.41) is 21.9. The lowest BCUT2D eigenvalue weighted by Crippen LogP contribution is -2.19. The van der Waals surface area contributed by atoms with Gasteiger partial charge in [-0.1, -0.05) is 0 Å². The molecule has 2 aromatic heterocycles. The Morgan fingerprint density at radius 2 is 2.24 bits per heavy atom. The lowest BCUT2D eigenvalue weighted by molar-refractivity contribution is 0.0698. The van der Waals surface area contributed by atoms with Crippen LogP contribution in [0.1, 0.15) is 10.4 Å². The predicted octanol–water partition coefficient (Wildman–Crippen LogP) is 1.81. The molecule has 0 fully saturated rings. The smallest absolute Gasteiger partial charge is 0.338 e. The number of carboxylic acid groups (broad SMARTS) is 1. The van der Waals surface area contributed by atoms with Gasteiger partial charge in [0, 0.05) is 6.20 Å². The standard InChI is InChI=1S/C9H8N4O3S/c14-8(15)6-1-2-17-7(6)13-9(16)12-5-3-10-11-4-5/h1-4H,(H,10,11)(H,14,15)(H2,12,13,16). The fourth-order valence-electron chi connectivity index (χ4n) is 1.16. The van der Waals surface area contributed by atoms with Crippen molar-refractivity contribution in [3.63, 3.8) is 0 Å². The van der Waals surface area contributed by atoms with Crippen LogP contribution in [0.25, 0.3) is 0 Å². The number of hydrogen-bond donors (Lipinski definition) is 4. The molecular weight excluding hydrogens is 244 g/mol. The Kier molecular flexibility index (Phi) is 3.06. The summed E-state index contributed by atoms with van der Waals surface area (Å²) in [6, 6.07) is 0.914. The fourth-order valence-corrected chi connectivity index (χ4v) is 1.93. The van der Waals surface area contributed by atoms with Gasteiger partial charge in [-0.3, -0.25) is 10.4 Å². The van der Waals surface area contributed by atoms with Crippen molar-refractivity contribution >= 4 is 34.0 Å². The molecular formula is C9H8N4O3S. The number of aromatic carboxylic acids is 1. The van der Waals surface area contributed by atoms with E-state index in [2.05, 4.69) is 20.8 Å². The lowest BCUT2D eigenvalue weighted by atomic mass is 10.3. The van der Waals surface area contributed by atoms with Gasteiger partial charge in [0.25, 0.3) is 0 Å². The summed E-state index contributed by atoms with van der Waals surface area (Å²) in [7, 11) is 0. The highest BCUT2D eigenvalue weighted by atomic mass is 32.1. The highest BCUT2D eigenvalue weighted by molar-refractivity contribution is 7.14. The Bertz CT molecular complexity index is 534. The second-order valence-electron chi connectivity index (χ2n) is 3.03. The molecule has 0 saturated carbocycles. The average Bonchev–Trinajstić information content (AvgIpc) is 2.88. The number of carbonyl (C=O) groups is 2. The molecule has 0 atom stereocenters. The Balaban J connectivity index is 2.03. The molecule has 0 aromatic carbocycles. The zero-order valence-corrected chi connectivity index (χ0v) is 9.25. The van der Waals surface area contributed by atoms with Crippen molar-refractivity contribution in [2.75, 3.05) is 10.6 Å². The van der Waals surface area contributed by atoms with Crippen molar-refractivity contribution in [1.82, 2.24) is 10.2 Å². The number of carboxylic acids is 1. The van der Waals surface area contributed by atoms with Gasteiger partial charge in [0.05, 0.1) is 17.4 Å². The highest BCUT2D eigenvalue weighted by Gasteiger charge is 2.13. The van der Waals surface area contributed by atoms with Gasteiger partial charge in [0.1, 0.15) is 5.00 Å². The molecule has 0 saturated heterocycles. The Labute approximate surface area is 99.5 Å². The molecule has 8 heteroatoms. The summed E-state index contributed by atoms with van der Waals surface area (Å²) in [5.41, 5.74) is 0.563. The van der Waals surface area contributed by atoms with Crippen molar-refractivity contribution in [2.45, 2.75) is 0 Å². The topological polar surface area (TPSA) is 107 Å². The fraction of sp³-hybridized carbons (Fsp3) is 0. The predicted molar refractivity (Wildman–Crippen MR) is 62.5 cm³/mol. The molecule has 0 spiro atoms. The minimum Gasteiger partial charge on any atom is -0.478 e. The number of rotatable bonds is 3. The molecule has 2 amide bonds. The van der Waals surface area contributed by atoms with E-state index < -0.39 is 12.0 Å². The van der Waals surface area contributed by atoms with Gasteiger partial charge in [0.15, 0.2) is 0 Å². The first-order valence-corrected chi connectivity index (χ1v) is 5.42. The zero-order valence-electron chi connectivity index (χ0n) is 8.43. The van der Waals surface area contributed by atoms with E-state index in [0.29, 0.717) is 10.7 Å². The second kappa shape index (κ2) is 4.66. The van der Waals surface area contributed by atoms with Gasteiger partial charge in [0.2, 0.25) is 0 Å². The molecule has 4 N–H and O–H groups in total. The SMILES string of the molecule is O=C(Nc1cn[nH]c1)Nc1sccc1C(=O)O. The van der Waals surface area contributed by atoms with Crippen molar-refractivity contribution in [1.29, 1.82) is 0 Å². The Morgan fingerprint density at radius 3 is 2.88 bits per heavy atom. The van der Waals surface area contributed by atoms with E-state index in [1.54, 1.807) is 5.38 Å². The summed E-state index contributed by atoms with van der Waals surface area (Å²) < 4.78 is 0. The monoisotopic (exact) mass is 252 g/mol. The third kappa shape index (κ3) is 2.61. The molecule has 0 aliphatic rings. The van der Waals surface area contributed by atoms with Crippen LogP contribution in [-0.2, 0) is 0 Å². The molecule has 0 unspecified atom stereocenters. The van der Waals surface area contributed by atoms with Gasteiger partial charge in [-0.05, 0) is 11.4 Å². The molecule has 7 nitrogen and oxygen atoms in total. The summed E-state index contributed by atoms with van der Waals surface area (Å²) in [6.07, 6.45) is 2.94. The van der Waals surface area contributed by atoms with Crippen LogP contribution in [-0.4, -0.2) is 27.3 Å². The number of hydrogen-bond acceptors (Lipinski definition) is 4. The van der Waals surface area contributed by atoms with Crippen molar-refractivity contribution < 1.29 is 14.7 Å². The normalized spacial score (nSPS) is 9.88. The maximum Gasteiger partial charge on any atom is 0.338 e. The molecule has 0 aliphatic heterocycles. The number of carbonyl (C=O) groups excluding carboxylic acids is 1. The van der Waals surface area contributed by atoms with Gasteiger partial charge in [-0.15, -0.1) is 11.3 Å². The number of nitrogens with one attached hydrogen (secondary N) is 3.